The summed E-state index contributed by atoms with van der Waals surface area (Å²) in [6.45, 7) is 0. The molecule has 42 heavy (non-hydrogen) atoms. The lowest BCUT2D eigenvalue weighted by Gasteiger charge is -2.17. The van der Waals surface area contributed by atoms with Crippen LogP contribution in [0.1, 0.15) is 20.7 Å². The smallest absolute Gasteiger partial charge is 0.344 e. The number of carbonyl (C=O) groups is 2. The van der Waals surface area contributed by atoms with Gasteiger partial charge in [-0.25, -0.2) is 9.59 Å². The number of ether oxygens (including phenoxy) is 2. The average molecular weight is 547 g/mol. The van der Waals surface area contributed by atoms with E-state index in [2.05, 4.69) is 24.3 Å². The number of benzene rings is 6. The fourth-order valence-corrected chi connectivity index (χ4v) is 4.92. The van der Waals surface area contributed by atoms with E-state index in [-0.39, 0.29) is 11.1 Å². The van der Waals surface area contributed by atoms with E-state index < -0.39 is 11.9 Å². The summed E-state index contributed by atoms with van der Waals surface area (Å²) in [5, 5.41) is 0. The first kappa shape index (κ1) is 26.5. The molecule has 0 saturated heterocycles. The number of hydrogen-bond acceptors (Lipinski definition) is 4. The minimum Gasteiger partial charge on any atom is -0.423 e. The lowest BCUT2D eigenvalue weighted by molar-refractivity contribution is 0.0734. The van der Waals surface area contributed by atoms with Crippen LogP contribution in [0, 0.1) is 0 Å². The summed E-state index contributed by atoms with van der Waals surface area (Å²) in [7, 11) is 0. The highest BCUT2D eigenvalue weighted by molar-refractivity contribution is 6.04. The lowest BCUT2D eigenvalue weighted by Crippen LogP contribution is -2.14. The molecule has 0 amide bonds. The van der Waals surface area contributed by atoms with E-state index in [1.165, 1.54) is 0 Å². The van der Waals surface area contributed by atoms with Crippen molar-refractivity contribution < 1.29 is 19.1 Å². The molecular weight excluding hydrogens is 520 g/mol. The van der Waals surface area contributed by atoms with Gasteiger partial charge in [-0.15, -0.1) is 0 Å². The minimum absolute atomic E-state index is 0.241. The van der Waals surface area contributed by atoms with E-state index in [4.69, 9.17) is 9.47 Å². The van der Waals surface area contributed by atoms with Gasteiger partial charge in [0, 0.05) is 0 Å². The Morgan fingerprint density at radius 1 is 0.381 bits per heavy atom. The summed E-state index contributed by atoms with van der Waals surface area (Å²) in [5.41, 5.74) is 6.11. The molecule has 0 atom stereocenters. The van der Waals surface area contributed by atoms with Crippen LogP contribution in [0.15, 0.2) is 158 Å². The fourth-order valence-electron chi connectivity index (χ4n) is 4.92. The van der Waals surface area contributed by atoms with Crippen molar-refractivity contribution in [1.29, 1.82) is 0 Å². The van der Waals surface area contributed by atoms with Gasteiger partial charge in [0.05, 0.1) is 11.1 Å². The molecule has 0 fully saturated rings. The first-order valence-electron chi connectivity index (χ1n) is 13.6. The van der Waals surface area contributed by atoms with Crippen molar-refractivity contribution in [2.45, 2.75) is 0 Å². The van der Waals surface area contributed by atoms with Gasteiger partial charge in [0.1, 0.15) is 11.5 Å². The summed E-state index contributed by atoms with van der Waals surface area (Å²) < 4.78 is 11.3. The van der Waals surface area contributed by atoms with Crippen LogP contribution in [0.3, 0.4) is 0 Å². The van der Waals surface area contributed by atoms with Gasteiger partial charge in [0.25, 0.3) is 0 Å². The summed E-state index contributed by atoms with van der Waals surface area (Å²) in [5.74, 6) is -0.308. The van der Waals surface area contributed by atoms with Gasteiger partial charge in [-0.1, -0.05) is 121 Å². The quantitative estimate of drug-likeness (QED) is 0.148. The van der Waals surface area contributed by atoms with Crippen LogP contribution >= 0.6 is 0 Å². The second-order valence-electron chi connectivity index (χ2n) is 9.62. The Labute approximate surface area is 244 Å². The van der Waals surface area contributed by atoms with Gasteiger partial charge in [0.15, 0.2) is 0 Å². The van der Waals surface area contributed by atoms with Gasteiger partial charge in [0.2, 0.25) is 0 Å². The number of para-hydroxylation sites is 2. The standard InChI is InChI=1S/C38H26O4/c39-37(41-29-16-6-2-7-17-29)28-24-25-35(36(26-28)38(40)42-30-18-8-3-9-19-30)34-23-13-12-22-33(34)32-21-11-10-20-31(32)27-14-4-1-5-15-27/h1-26H. The zero-order chi connectivity index (χ0) is 28.7. The van der Waals surface area contributed by atoms with Crippen LogP contribution in [-0.2, 0) is 0 Å². The van der Waals surface area contributed by atoms with Gasteiger partial charge in [-0.3, -0.25) is 0 Å². The monoisotopic (exact) mass is 546 g/mol. The molecule has 6 aromatic carbocycles. The van der Waals surface area contributed by atoms with Crippen molar-refractivity contribution in [2.75, 3.05) is 0 Å². The highest BCUT2D eigenvalue weighted by Crippen LogP contribution is 2.39. The SMILES string of the molecule is O=C(Oc1ccccc1)c1ccc(-c2ccccc2-c2ccccc2-c2ccccc2)c(C(=O)Oc2ccccc2)c1. The molecule has 0 N–H and O–H groups in total. The van der Waals surface area contributed by atoms with E-state index in [1.807, 2.05) is 66.7 Å². The molecule has 6 aromatic rings. The Kier molecular flexibility index (Phi) is 7.69. The molecule has 0 spiro atoms. The third-order valence-corrected chi connectivity index (χ3v) is 6.90. The molecule has 0 bridgehead atoms. The minimum atomic E-state index is -0.572. The highest BCUT2D eigenvalue weighted by Gasteiger charge is 2.22. The summed E-state index contributed by atoms with van der Waals surface area (Å²) in [6, 6.07) is 49.1. The molecule has 0 heterocycles. The Balaban J connectivity index is 1.47. The number of rotatable bonds is 7. The molecule has 0 radical (unpaired) electrons. The maximum atomic E-state index is 13.7. The molecular formula is C38H26O4. The highest BCUT2D eigenvalue weighted by atomic mass is 16.5. The summed E-state index contributed by atoms with van der Waals surface area (Å²) in [6.07, 6.45) is 0. The predicted octanol–water partition coefficient (Wildman–Crippen LogP) is 9.13. The zero-order valence-electron chi connectivity index (χ0n) is 22.6. The summed E-state index contributed by atoms with van der Waals surface area (Å²) in [4.78, 5) is 26.8. The van der Waals surface area contributed by atoms with Crippen molar-refractivity contribution in [2.24, 2.45) is 0 Å². The first-order chi connectivity index (χ1) is 20.7. The number of carbonyl (C=O) groups excluding carboxylic acids is 2. The first-order valence-corrected chi connectivity index (χ1v) is 13.6. The van der Waals surface area contributed by atoms with Gasteiger partial charge < -0.3 is 9.47 Å². The molecule has 6 rings (SSSR count). The van der Waals surface area contributed by atoms with Crippen LogP contribution in [0.25, 0.3) is 33.4 Å². The Morgan fingerprint density at radius 2 is 0.810 bits per heavy atom. The molecule has 0 aliphatic rings. The Hall–Kier alpha value is -5.74. The Morgan fingerprint density at radius 3 is 1.38 bits per heavy atom. The van der Waals surface area contributed by atoms with Crippen molar-refractivity contribution in [3.05, 3.63) is 169 Å². The number of esters is 2. The molecule has 4 nitrogen and oxygen atoms in total. The Bertz CT molecular complexity index is 1850. The fraction of sp³-hybridized carbons (Fsp3) is 0. The van der Waals surface area contributed by atoms with Gasteiger partial charge >= 0.3 is 11.9 Å². The second kappa shape index (κ2) is 12.2. The zero-order valence-corrected chi connectivity index (χ0v) is 22.6. The third kappa shape index (κ3) is 5.74. The van der Waals surface area contributed by atoms with E-state index in [1.54, 1.807) is 66.7 Å². The van der Waals surface area contributed by atoms with Gasteiger partial charge in [-0.2, -0.15) is 0 Å². The molecule has 4 heteroatoms. The van der Waals surface area contributed by atoms with Crippen LogP contribution in [0.4, 0.5) is 0 Å². The molecule has 202 valence electrons. The third-order valence-electron chi connectivity index (χ3n) is 6.90. The van der Waals surface area contributed by atoms with Crippen molar-refractivity contribution >= 4 is 11.9 Å². The lowest BCUT2D eigenvalue weighted by atomic mass is 9.87. The van der Waals surface area contributed by atoms with Crippen molar-refractivity contribution in [3.8, 4) is 44.9 Å². The van der Waals surface area contributed by atoms with Crippen LogP contribution in [-0.4, -0.2) is 11.9 Å². The molecule has 0 aliphatic heterocycles. The van der Waals surface area contributed by atoms with Crippen molar-refractivity contribution in [3.63, 3.8) is 0 Å². The normalized spacial score (nSPS) is 10.6. The molecule has 0 unspecified atom stereocenters. The molecule has 0 aromatic heterocycles. The number of hydrogen-bond donors (Lipinski definition) is 0. The largest absolute Gasteiger partial charge is 0.423 e. The van der Waals surface area contributed by atoms with E-state index in [0.29, 0.717) is 17.1 Å². The molecule has 0 saturated carbocycles. The van der Waals surface area contributed by atoms with Gasteiger partial charge in [-0.05, 0) is 69.8 Å². The predicted molar refractivity (Wildman–Crippen MR) is 166 cm³/mol. The second-order valence-corrected chi connectivity index (χ2v) is 9.62. The van der Waals surface area contributed by atoms with Crippen LogP contribution in [0.2, 0.25) is 0 Å². The maximum Gasteiger partial charge on any atom is 0.344 e. The van der Waals surface area contributed by atoms with E-state index in [9.17, 15) is 9.59 Å². The maximum absolute atomic E-state index is 13.7. The summed E-state index contributed by atoms with van der Waals surface area (Å²) >= 11 is 0. The van der Waals surface area contributed by atoms with E-state index >= 15 is 0 Å². The van der Waals surface area contributed by atoms with Crippen LogP contribution < -0.4 is 9.47 Å². The van der Waals surface area contributed by atoms with Crippen molar-refractivity contribution in [1.82, 2.24) is 0 Å². The average Bonchev–Trinajstić information content (AvgIpc) is 3.06. The van der Waals surface area contributed by atoms with E-state index in [0.717, 1.165) is 27.8 Å². The molecule has 0 aliphatic carbocycles. The van der Waals surface area contributed by atoms with Crippen LogP contribution in [0.5, 0.6) is 11.5 Å². The topological polar surface area (TPSA) is 52.6 Å².